The van der Waals surface area contributed by atoms with Crippen LogP contribution in [0.1, 0.15) is 49.5 Å². The van der Waals surface area contributed by atoms with E-state index in [1.54, 1.807) is 11.8 Å². The first kappa shape index (κ1) is 16.8. The summed E-state index contributed by atoms with van der Waals surface area (Å²) in [5.41, 5.74) is 1.49. The third-order valence-electron chi connectivity index (χ3n) is 6.87. The number of carbonyl (C=O) groups excluding carboxylic acids is 1. The average molecular weight is 396 g/mol. The molecule has 4 saturated carbocycles. The molecule has 1 amide bonds. The molecule has 4 bridgehead atoms. The second-order valence-corrected chi connectivity index (χ2v) is 10.7. The zero-order valence-electron chi connectivity index (χ0n) is 14.2. The number of benzene rings is 1. The minimum atomic E-state index is 0.0928. The summed E-state index contributed by atoms with van der Waals surface area (Å²) in [7, 11) is 0. The predicted molar refractivity (Wildman–Crippen MR) is 104 cm³/mol. The number of hydrogen-bond acceptors (Lipinski definition) is 2. The number of halogens is 2. The van der Waals surface area contributed by atoms with Crippen molar-refractivity contribution in [3.8, 4) is 0 Å². The third kappa shape index (κ3) is 2.91. The summed E-state index contributed by atoms with van der Waals surface area (Å²) >= 11 is 14.0. The lowest BCUT2D eigenvalue weighted by Gasteiger charge is -2.58. The molecule has 2 nitrogen and oxygen atoms in total. The van der Waals surface area contributed by atoms with Gasteiger partial charge in [0.1, 0.15) is 5.37 Å². The van der Waals surface area contributed by atoms with Crippen molar-refractivity contribution in [2.24, 2.45) is 23.2 Å². The zero-order chi connectivity index (χ0) is 17.2. The standard InChI is InChI=1S/C20H23Cl2NOS/c21-16-2-1-15(6-17(16)22)19-23(18(24)10-25-19)11-20-7-12-3-13(8-20)5-14(4-12)9-20/h1-2,6,12-14,19H,3-5,7-11H2/t12?,13?,14?,19-,20?/m0/s1. The molecular formula is C20H23Cl2NOS. The lowest BCUT2D eigenvalue weighted by Crippen LogP contribution is -2.51. The highest BCUT2D eigenvalue weighted by Crippen LogP contribution is 2.61. The Morgan fingerprint density at radius 2 is 1.68 bits per heavy atom. The first-order valence-electron chi connectivity index (χ1n) is 9.37. The molecule has 6 rings (SSSR count). The van der Waals surface area contributed by atoms with E-state index in [1.807, 2.05) is 18.2 Å². The molecular weight excluding hydrogens is 373 g/mol. The summed E-state index contributed by atoms with van der Waals surface area (Å²) in [4.78, 5) is 14.8. The van der Waals surface area contributed by atoms with Gasteiger partial charge in [0.15, 0.2) is 0 Å². The predicted octanol–water partition coefficient (Wildman–Crippen LogP) is 5.78. The van der Waals surface area contributed by atoms with Gasteiger partial charge in [-0.1, -0.05) is 29.3 Å². The van der Waals surface area contributed by atoms with Crippen molar-refractivity contribution in [1.82, 2.24) is 4.90 Å². The first-order valence-corrected chi connectivity index (χ1v) is 11.2. The van der Waals surface area contributed by atoms with E-state index in [-0.39, 0.29) is 11.3 Å². The molecule has 0 N–H and O–H groups in total. The van der Waals surface area contributed by atoms with Crippen molar-refractivity contribution in [3.05, 3.63) is 33.8 Å². The van der Waals surface area contributed by atoms with Gasteiger partial charge in [-0.05, 0) is 79.4 Å². The maximum atomic E-state index is 12.7. The average Bonchev–Trinajstić information content (AvgIpc) is 2.89. The molecule has 4 aliphatic carbocycles. The van der Waals surface area contributed by atoms with Gasteiger partial charge in [-0.15, -0.1) is 11.8 Å². The van der Waals surface area contributed by atoms with Crippen molar-refractivity contribution in [1.29, 1.82) is 0 Å². The topological polar surface area (TPSA) is 20.3 Å². The maximum Gasteiger partial charge on any atom is 0.233 e. The normalized spacial score (nSPS) is 39.4. The van der Waals surface area contributed by atoms with E-state index in [9.17, 15) is 4.79 Å². The number of carbonyl (C=O) groups is 1. The van der Waals surface area contributed by atoms with Gasteiger partial charge in [0.25, 0.3) is 0 Å². The van der Waals surface area contributed by atoms with Gasteiger partial charge in [-0.25, -0.2) is 0 Å². The van der Waals surface area contributed by atoms with E-state index in [0.29, 0.717) is 21.2 Å². The molecule has 134 valence electrons. The van der Waals surface area contributed by atoms with Crippen LogP contribution in [0.5, 0.6) is 0 Å². The minimum absolute atomic E-state index is 0.0928. The Labute approximate surface area is 163 Å². The molecule has 25 heavy (non-hydrogen) atoms. The van der Waals surface area contributed by atoms with E-state index in [4.69, 9.17) is 23.2 Å². The molecule has 1 aliphatic heterocycles. The van der Waals surface area contributed by atoms with Crippen LogP contribution in [0.15, 0.2) is 18.2 Å². The summed E-state index contributed by atoms with van der Waals surface area (Å²) < 4.78 is 0. The molecule has 5 fully saturated rings. The fraction of sp³-hybridized carbons (Fsp3) is 0.650. The van der Waals surface area contributed by atoms with Crippen LogP contribution in [0.2, 0.25) is 10.0 Å². The highest BCUT2D eigenvalue weighted by Gasteiger charge is 2.52. The minimum Gasteiger partial charge on any atom is -0.325 e. The number of amides is 1. The van der Waals surface area contributed by atoms with Crippen LogP contribution in [0.25, 0.3) is 0 Å². The second kappa shape index (κ2) is 6.07. The summed E-state index contributed by atoms with van der Waals surface area (Å²) in [6, 6.07) is 5.81. The van der Waals surface area contributed by atoms with Gasteiger partial charge >= 0.3 is 0 Å². The summed E-state index contributed by atoms with van der Waals surface area (Å²) in [6.45, 7) is 0.938. The molecule has 1 aromatic carbocycles. The van der Waals surface area contributed by atoms with Gasteiger partial charge in [-0.2, -0.15) is 0 Å². The fourth-order valence-electron chi connectivity index (χ4n) is 6.41. The Hall–Kier alpha value is -0.380. The molecule has 1 aromatic rings. The van der Waals surface area contributed by atoms with Gasteiger partial charge in [0, 0.05) is 6.54 Å². The quantitative estimate of drug-likeness (QED) is 0.645. The lowest BCUT2D eigenvalue weighted by atomic mass is 9.49. The van der Waals surface area contributed by atoms with Crippen LogP contribution < -0.4 is 0 Å². The fourth-order valence-corrected chi connectivity index (χ4v) is 7.90. The van der Waals surface area contributed by atoms with E-state index in [1.165, 1.54) is 38.5 Å². The highest BCUT2D eigenvalue weighted by molar-refractivity contribution is 8.00. The Morgan fingerprint density at radius 3 is 2.28 bits per heavy atom. The van der Waals surface area contributed by atoms with Gasteiger partial charge in [0.05, 0.1) is 15.8 Å². The zero-order valence-corrected chi connectivity index (χ0v) is 16.5. The van der Waals surface area contributed by atoms with E-state index >= 15 is 0 Å². The van der Waals surface area contributed by atoms with Crippen molar-refractivity contribution in [3.63, 3.8) is 0 Å². The molecule has 1 saturated heterocycles. The molecule has 1 heterocycles. The first-order chi connectivity index (χ1) is 12.0. The summed E-state index contributed by atoms with van der Waals surface area (Å²) in [6.07, 6.45) is 8.33. The third-order valence-corrected chi connectivity index (χ3v) is 8.86. The van der Waals surface area contributed by atoms with Gasteiger partial charge in [-0.3, -0.25) is 4.79 Å². The van der Waals surface area contributed by atoms with Crippen LogP contribution >= 0.6 is 35.0 Å². The Bertz CT molecular complexity index is 686. The number of nitrogens with zero attached hydrogens (tertiary/aromatic N) is 1. The number of rotatable bonds is 3. The molecule has 0 spiro atoms. The number of thioether (sulfide) groups is 1. The molecule has 0 radical (unpaired) electrons. The van der Waals surface area contributed by atoms with Crippen LogP contribution in [-0.2, 0) is 4.79 Å². The molecule has 0 aromatic heterocycles. The van der Waals surface area contributed by atoms with Crippen LogP contribution in [0.3, 0.4) is 0 Å². The summed E-state index contributed by atoms with van der Waals surface area (Å²) in [5, 5.41) is 1.25. The van der Waals surface area contributed by atoms with Crippen molar-refractivity contribution < 1.29 is 4.79 Å². The van der Waals surface area contributed by atoms with Crippen LogP contribution in [0.4, 0.5) is 0 Å². The second-order valence-electron chi connectivity index (χ2n) is 8.78. The van der Waals surface area contributed by atoms with E-state index in [0.717, 1.165) is 29.9 Å². The molecule has 1 atom stereocenters. The summed E-state index contributed by atoms with van der Waals surface area (Å²) in [5.74, 6) is 3.62. The van der Waals surface area contributed by atoms with E-state index < -0.39 is 0 Å². The highest BCUT2D eigenvalue weighted by atomic mass is 35.5. The molecule has 0 unspecified atom stereocenters. The monoisotopic (exact) mass is 395 g/mol. The Balaban J connectivity index is 1.41. The van der Waals surface area contributed by atoms with Crippen LogP contribution in [0, 0.1) is 23.2 Å². The molecule has 5 heteroatoms. The Morgan fingerprint density at radius 1 is 1.04 bits per heavy atom. The van der Waals surface area contributed by atoms with Crippen molar-refractivity contribution in [2.75, 3.05) is 12.3 Å². The largest absolute Gasteiger partial charge is 0.325 e. The van der Waals surface area contributed by atoms with Crippen LogP contribution in [-0.4, -0.2) is 23.1 Å². The smallest absolute Gasteiger partial charge is 0.233 e. The van der Waals surface area contributed by atoms with Crippen molar-refractivity contribution >= 4 is 40.9 Å². The van der Waals surface area contributed by atoms with Gasteiger partial charge in [0.2, 0.25) is 5.91 Å². The van der Waals surface area contributed by atoms with E-state index in [2.05, 4.69) is 4.90 Å². The SMILES string of the molecule is O=C1CS[C@@H](c2ccc(Cl)c(Cl)c2)N1CC12CC3CC(CC(C3)C1)C2. The lowest BCUT2D eigenvalue weighted by molar-refractivity contribution is -0.134. The maximum absolute atomic E-state index is 12.7. The molecule has 5 aliphatic rings. The number of hydrogen-bond donors (Lipinski definition) is 0. The van der Waals surface area contributed by atoms with Crippen molar-refractivity contribution in [2.45, 2.75) is 43.9 Å². The van der Waals surface area contributed by atoms with Gasteiger partial charge < -0.3 is 4.90 Å². The Kier molecular flexibility index (Phi) is 4.07.